The predicted octanol–water partition coefficient (Wildman–Crippen LogP) is 1.53. The van der Waals surface area contributed by atoms with Crippen LogP contribution in [0.4, 0.5) is 0 Å². The SMILES string of the molecule is COC(=O)c1ccc(C(=O)SN)c(C)c1. The fraction of sp³-hybridized carbons (Fsp3) is 0.200. The molecule has 1 aromatic rings. The molecule has 0 atom stereocenters. The van der Waals surface area contributed by atoms with E-state index in [0.29, 0.717) is 28.6 Å². The summed E-state index contributed by atoms with van der Waals surface area (Å²) in [4.78, 5) is 22.5. The van der Waals surface area contributed by atoms with Gasteiger partial charge in [-0.2, -0.15) is 0 Å². The normalized spacial score (nSPS) is 9.80. The molecule has 0 fully saturated rings. The lowest BCUT2D eigenvalue weighted by atomic mass is 10.1. The zero-order valence-electron chi connectivity index (χ0n) is 8.44. The minimum atomic E-state index is -0.419. The first-order valence-corrected chi connectivity index (χ1v) is 5.08. The van der Waals surface area contributed by atoms with E-state index in [1.165, 1.54) is 7.11 Å². The van der Waals surface area contributed by atoms with Gasteiger partial charge >= 0.3 is 5.97 Å². The van der Waals surface area contributed by atoms with Crippen molar-refractivity contribution in [2.24, 2.45) is 5.14 Å². The van der Waals surface area contributed by atoms with Gasteiger partial charge in [0, 0.05) is 5.56 Å². The molecule has 0 amide bonds. The summed E-state index contributed by atoms with van der Waals surface area (Å²) in [5.74, 6) is -0.419. The first-order valence-electron chi connectivity index (χ1n) is 4.20. The Kier molecular flexibility index (Phi) is 3.88. The van der Waals surface area contributed by atoms with E-state index >= 15 is 0 Å². The lowest BCUT2D eigenvalue weighted by molar-refractivity contribution is 0.0600. The van der Waals surface area contributed by atoms with Gasteiger partial charge in [-0.1, -0.05) is 0 Å². The van der Waals surface area contributed by atoms with Crippen LogP contribution in [-0.2, 0) is 4.74 Å². The summed E-state index contributed by atoms with van der Waals surface area (Å²) in [6, 6.07) is 4.72. The number of carbonyl (C=O) groups is 2. The Morgan fingerprint density at radius 2 is 2.07 bits per heavy atom. The first kappa shape index (κ1) is 11.7. The monoisotopic (exact) mass is 225 g/mol. The number of ether oxygens (including phenoxy) is 1. The van der Waals surface area contributed by atoms with E-state index in [2.05, 4.69) is 4.74 Å². The highest BCUT2D eigenvalue weighted by atomic mass is 32.2. The van der Waals surface area contributed by atoms with Crippen LogP contribution in [0.3, 0.4) is 0 Å². The van der Waals surface area contributed by atoms with Gasteiger partial charge in [-0.3, -0.25) is 9.93 Å². The number of esters is 1. The number of hydrogen-bond donors (Lipinski definition) is 1. The van der Waals surface area contributed by atoms with Gasteiger partial charge in [0.15, 0.2) is 0 Å². The maximum absolute atomic E-state index is 11.3. The standard InChI is InChI=1S/C10H11NO3S/c1-6-5-7(9(12)14-2)3-4-8(6)10(13)15-11/h3-5H,11H2,1-2H3. The van der Waals surface area contributed by atoms with Gasteiger partial charge in [-0.25, -0.2) is 4.79 Å². The summed E-state index contributed by atoms with van der Waals surface area (Å²) in [6.45, 7) is 1.75. The molecule has 5 heteroatoms. The Labute approximate surface area is 91.9 Å². The Hall–Kier alpha value is -1.33. The minimum absolute atomic E-state index is 0.219. The van der Waals surface area contributed by atoms with Crippen molar-refractivity contribution in [3.05, 3.63) is 34.9 Å². The Morgan fingerprint density at radius 3 is 2.53 bits per heavy atom. The minimum Gasteiger partial charge on any atom is -0.465 e. The lowest BCUT2D eigenvalue weighted by Crippen LogP contribution is -2.05. The molecule has 0 aliphatic heterocycles. The zero-order chi connectivity index (χ0) is 11.4. The number of benzene rings is 1. The highest BCUT2D eigenvalue weighted by Crippen LogP contribution is 2.15. The van der Waals surface area contributed by atoms with E-state index in [-0.39, 0.29) is 5.12 Å². The van der Waals surface area contributed by atoms with Crippen molar-refractivity contribution in [2.75, 3.05) is 7.11 Å². The van der Waals surface area contributed by atoms with Crippen molar-refractivity contribution in [3.63, 3.8) is 0 Å². The lowest BCUT2D eigenvalue weighted by Gasteiger charge is -2.04. The largest absolute Gasteiger partial charge is 0.465 e. The van der Waals surface area contributed by atoms with Crippen LogP contribution in [0.25, 0.3) is 0 Å². The molecule has 0 aromatic heterocycles. The third-order valence-electron chi connectivity index (χ3n) is 1.97. The smallest absolute Gasteiger partial charge is 0.337 e. The van der Waals surface area contributed by atoms with Crippen LogP contribution < -0.4 is 5.14 Å². The summed E-state index contributed by atoms with van der Waals surface area (Å²) in [6.07, 6.45) is 0. The molecular formula is C10H11NO3S. The van der Waals surface area contributed by atoms with Crippen molar-refractivity contribution in [1.29, 1.82) is 0 Å². The number of aryl methyl sites for hydroxylation is 1. The molecule has 0 spiro atoms. The Bertz CT molecular complexity index is 404. The van der Waals surface area contributed by atoms with E-state index in [1.54, 1.807) is 25.1 Å². The van der Waals surface area contributed by atoms with Crippen molar-refractivity contribution >= 4 is 23.0 Å². The van der Waals surface area contributed by atoms with Gasteiger partial charge in [0.05, 0.1) is 12.7 Å². The van der Waals surface area contributed by atoms with Gasteiger partial charge in [0.25, 0.3) is 0 Å². The van der Waals surface area contributed by atoms with E-state index in [1.807, 2.05) is 0 Å². The molecule has 4 nitrogen and oxygen atoms in total. The quantitative estimate of drug-likeness (QED) is 0.610. The third kappa shape index (κ3) is 2.57. The van der Waals surface area contributed by atoms with Gasteiger partial charge in [-0.15, -0.1) is 0 Å². The molecule has 80 valence electrons. The molecule has 0 radical (unpaired) electrons. The van der Waals surface area contributed by atoms with Crippen molar-refractivity contribution in [2.45, 2.75) is 6.92 Å². The second-order valence-electron chi connectivity index (χ2n) is 2.93. The summed E-state index contributed by atoms with van der Waals surface area (Å²) < 4.78 is 4.56. The van der Waals surface area contributed by atoms with Crippen LogP contribution in [0.2, 0.25) is 0 Å². The van der Waals surface area contributed by atoms with E-state index in [0.717, 1.165) is 0 Å². The number of nitrogens with two attached hydrogens (primary N) is 1. The average molecular weight is 225 g/mol. The number of methoxy groups -OCH3 is 1. The van der Waals surface area contributed by atoms with Crippen LogP contribution in [0.5, 0.6) is 0 Å². The van der Waals surface area contributed by atoms with Crippen LogP contribution in [0.1, 0.15) is 26.3 Å². The topological polar surface area (TPSA) is 69.4 Å². The van der Waals surface area contributed by atoms with Crippen LogP contribution >= 0.6 is 11.9 Å². The predicted molar refractivity (Wildman–Crippen MR) is 58.6 cm³/mol. The highest BCUT2D eigenvalue weighted by molar-refractivity contribution is 8.12. The number of carbonyl (C=O) groups excluding carboxylic acids is 2. The zero-order valence-corrected chi connectivity index (χ0v) is 9.26. The molecule has 2 N–H and O–H groups in total. The fourth-order valence-corrected chi connectivity index (χ4v) is 1.56. The summed E-state index contributed by atoms with van der Waals surface area (Å²) in [5.41, 5.74) is 1.64. The highest BCUT2D eigenvalue weighted by Gasteiger charge is 2.11. The maximum Gasteiger partial charge on any atom is 0.337 e. The Morgan fingerprint density at radius 1 is 1.40 bits per heavy atom. The molecule has 0 bridgehead atoms. The van der Waals surface area contributed by atoms with Gasteiger partial charge in [0.1, 0.15) is 0 Å². The molecule has 15 heavy (non-hydrogen) atoms. The molecule has 0 saturated carbocycles. The van der Waals surface area contributed by atoms with E-state index in [9.17, 15) is 9.59 Å². The van der Waals surface area contributed by atoms with Gasteiger partial charge in [0.2, 0.25) is 5.12 Å². The van der Waals surface area contributed by atoms with Crippen LogP contribution in [-0.4, -0.2) is 18.2 Å². The van der Waals surface area contributed by atoms with Crippen molar-refractivity contribution in [1.82, 2.24) is 0 Å². The molecular weight excluding hydrogens is 214 g/mol. The number of rotatable bonds is 2. The van der Waals surface area contributed by atoms with Gasteiger partial charge in [-0.05, 0) is 42.6 Å². The van der Waals surface area contributed by atoms with Crippen molar-refractivity contribution < 1.29 is 14.3 Å². The molecule has 1 rings (SSSR count). The van der Waals surface area contributed by atoms with Crippen molar-refractivity contribution in [3.8, 4) is 0 Å². The first-order chi connectivity index (χ1) is 7.10. The maximum atomic E-state index is 11.3. The fourth-order valence-electron chi connectivity index (χ4n) is 1.20. The third-order valence-corrected chi connectivity index (χ3v) is 2.41. The number of hydrogen-bond acceptors (Lipinski definition) is 5. The second-order valence-corrected chi connectivity index (χ2v) is 3.53. The molecule has 0 aliphatic rings. The van der Waals surface area contributed by atoms with E-state index in [4.69, 9.17) is 5.14 Å². The van der Waals surface area contributed by atoms with Crippen LogP contribution in [0, 0.1) is 6.92 Å². The van der Waals surface area contributed by atoms with E-state index < -0.39 is 5.97 Å². The molecule has 0 aliphatic carbocycles. The Balaban J connectivity index is 3.08. The molecule has 0 heterocycles. The second kappa shape index (κ2) is 4.95. The van der Waals surface area contributed by atoms with Gasteiger partial charge < -0.3 is 4.74 Å². The summed E-state index contributed by atoms with van der Waals surface area (Å²) in [5, 5.41) is 4.95. The van der Waals surface area contributed by atoms with Crippen LogP contribution in [0.15, 0.2) is 18.2 Å². The summed E-state index contributed by atoms with van der Waals surface area (Å²) >= 11 is 0.657. The molecule has 0 saturated heterocycles. The summed E-state index contributed by atoms with van der Waals surface area (Å²) in [7, 11) is 1.31. The average Bonchev–Trinajstić information content (AvgIpc) is 2.26. The molecule has 0 unspecified atom stereocenters. The molecule has 1 aromatic carbocycles.